The molecule has 21 heavy (non-hydrogen) atoms. The van der Waals surface area contributed by atoms with Gasteiger partial charge in [0.1, 0.15) is 6.04 Å². The molecule has 0 aliphatic rings. The van der Waals surface area contributed by atoms with Crippen molar-refractivity contribution in [1.82, 2.24) is 5.32 Å². The number of aliphatic carboxylic acids is 1. The van der Waals surface area contributed by atoms with E-state index in [9.17, 15) is 19.7 Å². The fraction of sp³-hybridized carbons (Fsp3) is 0.429. The SMILES string of the molecule is CCCCC(NC(=O)Cc1ccc([N+](=O)[O-])cc1)C(=O)O. The third-order valence-electron chi connectivity index (χ3n) is 2.99. The van der Waals surface area contributed by atoms with Gasteiger partial charge >= 0.3 is 5.97 Å². The fourth-order valence-corrected chi connectivity index (χ4v) is 1.83. The van der Waals surface area contributed by atoms with E-state index < -0.39 is 22.8 Å². The van der Waals surface area contributed by atoms with Crippen molar-refractivity contribution >= 4 is 17.6 Å². The number of non-ortho nitro benzene ring substituents is 1. The maximum atomic E-state index is 11.8. The maximum absolute atomic E-state index is 11.8. The first-order chi connectivity index (χ1) is 9.93. The highest BCUT2D eigenvalue weighted by molar-refractivity contribution is 5.84. The number of carbonyl (C=O) groups is 2. The van der Waals surface area contributed by atoms with Gasteiger partial charge in [-0.2, -0.15) is 0 Å². The Morgan fingerprint density at radius 3 is 2.43 bits per heavy atom. The van der Waals surface area contributed by atoms with Crippen LogP contribution in [0.5, 0.6) is 0 Å². The summed E-state index contributed by atoms with van der Waals surface area (Å²) in [7, 11) is 0. The van der Waals surface area contributed by atoms with Crippen molar-refractivity contribution in [1.29, 1.82) is 0 Å². The maximum Gasteiger partial charge on any atom is 0.326 e. The van der Waals surface area contributed by atoms with Gasteiger partial charge in [0, 0.05) is 12.1 Å². The number of hydrogen-bond acceptors (Lipinski definition) is 4. The Kier molecular flexibility index (Phi) is 6.32. The predicted octanol–water partition coefficient (Wildman–Crippen LogP) is 1.90. The Hall–Kier alpha value is -2.44. The van der Waals surface area contributed by atoms with Gasteiger partial charge in [-0.1, -0.05) is 31.9 Å². The van der Waals surface area contributed by atoms with Gasteiger partial charge in [0.05, 0.1) is 11.3 Å². The summed E-state index contributed by atoms with van der Waals surface area (Å²) in [5, 5.41) is 22.0. The number of unbranched alkanes of at least 4 members (excludes halogenated alkanes) is 1. The first-order valence-electron chi connectivity index (χ1n) is 6.69. The smallest absolute Gasteiger partial charge is 0.326 e. The number of rotatable bonds is 8. The third-order valence-corrected chi connectivity index (χ3v) is 2.99. The van der Waals surface area contributed by atoms with Crippen LogP contribution in [0, 0.1) is 10.1 Å². The normalized spacial score (nSPS) is 11.7. The monoisotopic (exact) mass is 294 g/mol. The zero-order chi connectivity index (χ0) is 15.8. The molecule has 0 saturated heterocycles. The Morgan fingerprint density at radius 2 is 1.95 bits per heavy atom. The highest BCUT2D eigenvalue weighted by Gasteiger charge is 2.19. The van der Waals surface area contributed by atoms with Crippen LogP contribution >= 0.6 is 0 Å². The number of nitro groups is 1. The van der Waals surface area contributed by atoms with E-state index in [1.54, 1.807) is 0 Å². The predicted molar refractivity (Wildman–Crippen MR) is 75.9 cm³/mol. The Balaban J connectivity index is 2.59. The molecule has 0 heterocycles. The van der Waals surface area contributed by atoms with E-state index in [1.807, 2.05) is 6.92 Å². The van der Waals surface area contributed by atoms with Crippen LogP contribution in [0.15, 0.2) is 24.3 Å². The van der Waals surface area contributed by atoms with Gasteiger partial charge in [-0.05, 0) is 12.0 Å². The average molecular weight is 294 g/mol. The van der Waals surface area contributed by atoms with Crippen molar-refractivity contribution in [3.63, 3.8) is 0 Å². The molecule has 7 heteroatoms. The Morgan fingerprint density at radius 1 is 1.33 bits per heavy atom. The van der Waals surface area contributed by atoms with Crippen molar-refractivity contribution in [3.8, 4) is 0 Å². The second-order valence-electron chi connectivity index (χ2n) is 4.70. The number of carbonyl (C=O) groups excluding carboxylic acids is 1. The quantitative estimate of drug-likeness (QED) is 0.562. The van der Waals surface area contributed by atoms with Gasteiger partial charge in [0.15, 0.2) is 0 Å². The minimum Gasteiger partial charge on any atom is -0.480 e. The molecule has 0 radical (unpaired) electrons. The fourth-order valence-electron chi connectivity index (χ4n) is 1.83. The zero-order valence-electron chi connectivity index (χ0n) is 11.7. The number of carboxylic acids is 1. The summed E-state index contributed by atoms with van der Waals surface area (Å²) in [6, 6.07) is 4.71. The highest BCUT2D eigenvalue weighted by Crippen LogP contribution is 2.12. The molecule has 0 aliphatic heterocycles. The molecule has 1 amide bonds. The molecule has 0 aromatic heterocycles. The average Bonchev–Trinajstić information content (AvgIpc) is 2.43. The van der Waals surface area contributed by atoms with Crippen LogP contribution < -0.4 is 5.32 Å². The number of nitrogens with zero attached hydrogens (tertiary/aromatic N) is 1. The summed E-state index contributed by atoms with van der Waals surface area (Å²) < 4.78 is 0. The van der Waals surface area contributed by atoms with E-state index in [-0.39, 0.29) is 12.1 Å². The van der Waals surface area contributed by atoms with Gasteiger partial charge in [-0.25, -0.2) is 4.79 Å². The largest absolute Gasteiger partial charge is 0.480 e. The molecule has 0 fully saturated rings. The third kappa shape index (κ3) is 5.60. The summed E-state index contributed by atoms with van der Waals surface area (Å²) >= 11 is 0. The molecular formula is C14H18N2O5. The van der Waals surface area contributed by atoms with Crippen molar-refractivity contribution < 1.29 is 19.6 Å². The molecule has 1 aromatic rings. The van der Waals surface area contributed by atoms with Crippen molar-refractivity contribution in [2.45, 2.75) is 38.6 Å². The lowest BCUT2D eigenvalue weighted by Gasteiger charge is -2.14. The van der Waals surface area contributed by atoms with Crippen molar-refractivity contribution in [2.24, 2.45) is 0 Å². The molecule has 1 atom stereocenters. The number of amides is 1. The molecule has 7 nitrogen and oxygen atoms in total. The first kappa shape index (κ1) is 16.6. The van der Waals surface area contributed by atoms with Crippen molar-refractivity contribution in [2.75, 3.05) is 0 Å². The standard InChI is InChI=1S/C14H18N2O5/c1-2-3-4-12(14(18)19)15-13(17)9-10-5-7-11(8-6-10)16(20)21/h5-8,12H,2-4,9H2,1H3,(H,15,17)(H,18,19). The second kappa shape index (κ2) is 7.98. The lowest BCUT2D eigenvalue weighted by molar-refractivity contribution is -0.384. The molecule has 0 aliphatic carbocycles. The number of benzene rings is 1. The van der Waals surface area contributed by atoms with E-state index in [0.29, 0.717) is 12.0 Å². The van der Waals surface area contributed by atoms with Crippen LogP contribution in [0.25, 0.3) is 0 Å². The molecule has 114 valence electrons. The summed E-state index contributed by atoms with van der Waals surface area (Å²) in [4.78, 5) is 32.8. The Labute approximate surface area is 122 Å². The lowest BCUT2D eigenvalue weighted by Crippen LogP contribution is -2.41. The summed E-state index contributed by atoms with van der Waals surface area (Å²) in [5.74, 6) is -1.46. The molecular weight excluding hydrogens is 276 g/mol. The van der Waals surface area contributed by atoms with E-state index in [4.69, 9.17) is 5.11 Å². The van der Waals surface area contributed by atoms with Crippen LogP contribution in [0.3, 0.4) is 0 Å². The number of carboxylic acid groups (broad SMARTS) is 1. The number of hydrogen-bond donors (Lipinski definition) is 2. The van der Waals surface area contributed by atoms with E-state index in [1.165, 1.54) is 24.3 Å². The highest BCUT2D eigenvalue weighted by atomic mass is 16.6. The van der Waals surface area contributed by atoms with Gasteiger partial charge in [0.2, 0.25) is 5.91 Å². The van der Waals surface area contributed by atoms with E-state index in [0.717, 1.165) is 12.8 Å². The van der Waals surface area contributed by atoms with E-state index in [2.05, 4.69) is 5.32 Å². The van der Waals surface area contributed by atoms with Crippen LogP contribution in [-0.2, 0) is 16.0 Å². The molecule has 2 N–H and O–H groups in total. The topological polar surface area (TPSA) is 110 Å². The molecule has 0 saturated carbocycles. The lowest BCUT2D eigenvalue weighted by atomic mass is 10.1. The molecule has 1 aromatic carbocycles. The summed E-state index contributed by atoms with van der Waals surface area (Å²) in [6.07, 6.45) is 1.95. The second-order valence-corrected chi connectivity index (χ2v) is 4.70. The van der Waals surface area contributed by atoms with Gasteiger partial charge in [-0.3, -0.25) is 14.9 Å². The van der Waals surface area contributed by atoms with Crippen LogP contribution in [0.1, 0.15) is 31.7 Å². The summed E-state index contributed by atoms with van der Waals surface area (Å²) in [6.45, 7) is 1.94. The van der Waals surface area contributed by atoms with Crippen LogP contribution in [0.4, 0.5) is 5.69 Å². The minimum absolute atomic E-state index is 0.00605. The van der Waals surface area contributed by atoms with Crippen LogP contribution in [0.2, 0.25) is 0 Å². The Bertz CT molecular complexity index is 513. The first-order valence-corrected chi connectivity index (χ1v) is 6.69. The van der Waals surface area contributed by atoms with Gasteiger partial charge in [0.25, 0.3) is 5.69 Å². The zero-order valence-corrected chi connectivity index (χ0v) is 11.7. The summed E-state index contributed by atoms with van der Waals surface area (Å²) in [5.41, 5.74) is 0.545. The molecule has 0 bridgehead atoms. The van der Waals surface area contributed by atoms with Crippen LogP contribution in [-0.4, -0.2) is 27.9 Å². The molecule has 1 rings (SSSR count). The van der Waals surface area contributed by atoms with Crippen molar-refractivity contribution in [3.05, 3.63) is 39.9 Å². The number of nitrogens with one attached hydrogen (secondary N) is 1. The minimum atomic E-state index is -1.06. The molecule has 1 unspecified atom stereocenters. The molecule has 0 spiro atoms. The van der Waals surface area contributed by atoms with Gasteiger partial charge < -0.3 is 10.4 Å². The number of nitro benzene ring substituents is 1. The van der Waals surface area contributed by atoms with Gasteiger partial charge in [-0.15, -0.1) is 0 Å². The van der Waals surface area contributed by atoms with E-state index >= 15 is 0 Å².